The molecule has 1 N–H and O–H groups in total. The number of carbonyl (C=O) groups is 1. The molecule has 1 aliphatic carbocycles. The van der Waals surface area contributed by atoms with E-state index in [0.29, 0.717) is 13.0 Å². The Morgan fingerprint density at radius 3 is 2.65 bits per heavy atom. The Hall–Kier alpha value is -1.61. The van der Waals surface area contributed by atoms with Gasteiger partial charge >= 0.3 is 0 Å². The average molecular weight is 231 g/mol. The number of carbonyl (C=O) groups excluding carboxylic acids is 1. The Labute approximate surface area is 101 Å². The van der Waals surface area contributed by atoms with Gasteiger partial charge in [0, 0.05) is 31.8 Å². The Morgan fingerprint density at radius 1 is 1.24 bits per heavy atom. The van der Waals surface area contributed by atoms with Crippen molar-refractivity contribution in [2.24, 2.45) is 0 Å². The normalized spacial score (nSPS) is 14.9. The molecule has 0 amide bonds. The molecular formula is C14H17NO2. The summed E-state index contributed by atoms with van der Waals surface area (Å²) in [7, 11) is 1.70. The molecule has 0 aromatic heterocycles. The third-order valence-corrected chi connectivity index (χ3v) is 2.90. The van der Waals surface area contributed by atoms with Crippen molar-refractivity contribution in [2.75, 3.05) is 7.11 Å². The molecular weight excluding hydrogens is 214 g/mol. The minimum Gasteiger partial charge on any atom is -0.384 e. The Kier molecular flexibility index (Phi) is 3.94. The van der Waals surface area contributed by atoms with Crippen molar-refractivity contribution >= 4 is 5.78 Å². The van der Waals surface area contributed by atoms with Crippen molar-refractivity contribution in [3.8, 4) is 0 Å². The largest absolute Gasteiger partial charge is 0.384 e. The molecule has 1 aromatic carbocycles. The summed E-state index contributed by atoms with van der Waals surface area (Å²) < 4.78 is 5.16. The second-order valence-corrected chi connectivity index (χ2v) is 4.19. The fraction of sp³-hybridized carbons (Fsp3) is 0.357. The molecule has 3 heteroatoms. The summed E-state index contributed by atoms with van der Waals surface area (Å²) in [4.78, 5) is 11.1. The van der Waals surface area contributed by atoms with Crippen LogP contribution in [0.3, 0.4) is 0 Å². The van der Waals surface area contributed by atoms with Crippen LogP contribution in [0, 0.1) is 0 Å². The van der Waals surface area contributed by atoms with Crippen LogP contribution in [0.1, 0.15) is 24.0 Å². The van der Waals surface area contributed by atoms with Crippen molar-refractivity contribution < 1.29 is 9.53 Å². The van der Waals surface area contributed by atoms with E-state index in [-0.39, 0.29) is 5.78 Å². The van der Waals surface area contributed by atoms with Crippen molar-refractivity contribution in [3.05, 3.63) is 47.2 Å². The van der Waals surface area contributed by atoms with Crippen LogP contribution in [-0.2, 0) is 22.7 Å². The summed E-state index contributed by atoms with van der Waals surface area (Å²) in [5.74, 6) is 0.220. The number of ketones is 1. The Bertz CT molecular complexity index is 438. The Morgan fingerprint density at radius 2 is 2.00 bits per heavy atom. The minimum absolute atomic E-state index is 0.220. The monoisotopic (exact) mass is 231 g/mol. The second kappa shape index (κ2) is 5.64. The highest BCUT2D eigenvalue weighted by Crippen LogP contribution is 2.14. The van der Waals surface area contributed by atoms with Crippen LogP contribution in [0.5, 0.6) is 0 Å². The molecule has 90 valence electrons. The van der Waals surface area contributed by atoms with E-state index in [1.807, 2.05) is 12.1 Å². The van der Waals surface area contributed by atoms with E-state index >= 15 is 0 Å². The first-order valence-corrected chi connectivity index (χ1v) is 5.82. The first-order chi connectivity index (χ1) is 8.29. The molecule has 0 saturated heterocycles. The van der Waals surface area contributed by atoms with Crippen LogP contribution in [0.2, 0.25) is 0 Å². The van der Waals surface area contributed by atoms with Gasteiger partial charge in [0.2, 0.25) is 0 Å². The van der Waals surface area contributed by atoms with Crippen LogP contribution in [0.4, 0.5) is 0 Å². The SMILES string of the molecule is COCc1ccccc1CNC1=CC(=O)CC1. The van der Waals surface area contributed by atoms with Gasteiger partial charge in [-0.15, -0.1) is 0 Å². The van der Waals surface area contributed by atoms with Crippen LogP contribution in [0.25, 0.3) is 0 Å². The van der Waals surface area contributed by atoms with Gasteiger partial charge in [0.1, 0.15) is 0 Å². The molecule has 0 bridgehead atoms. The van der Waals surface area contributed by atoms with E-state index in [2.05, 4.69) is 17.4 Å². The summed E-state index contributed by atoms with van der Waals surface area (Å²) in [6.45, 7) is 1.37. The molecule has 0 fully saturated rings. The van der Waals surface area contributed by atoms with Crippen LogP contribution < -0.4 is 5.32 Å². The molecule has 0 heterocycles. The van der Waals surface area contributed by atoms with Gasteiger partial charge in [-0.05, 0) is 17.5 Å². The lowest BCUT2D eigenvalue weighted by Gasteiger charge is -2.11. The van der Waals surface area contributed by atoms with Gasteiger partial charge in [-0.25, -0.2) is 0 Å². The van der Waals surface area contributed by atoms with Crippen molar-refractivity contribution in [3.63, 3.8) is 0 Å². The number of hydrogen-bond donors (Lipinski definition) is 1. The van der Waals surface area contributed by atoms with Gasteiger partial charge in [0.05, 0.1) is 6.61 Å². The number of hydrogen-bond acceptors (Lipinski definition) is 3. The number of ether oxygens (including phenoxy) is 1. The lowest BCUT2D eigenvalue weighted by molar-refractivity contribution is -0.114. The van der Waals surface area contributed by atoms with Crippen LogP contribution >= 0.6 is 0 Å². The fourth-order valence-electron chi connectivity index (χ4n) is 1.97. The van der Waals surface area contributed by atoms with Gasteiger partial charge in [-0.3, -0.25) is 4.79 Å². The van der Waals surface area contributed by atoms with E-state index in [9.17, 15) is 4.79 Å². The minimum atomic E-state index is 0.220. The van der Waals surface area contributed by atoms with Crippen molar-refractivity contribution in [2.45, 2.75) is 26.0 Å². The summed E-state index contributed by atoms with van der Waals surface area (Å²) in [5.41, 5.74) is 3.45. The first-order valence-electron chi connectivity index (χ1n) is 5.82. The summed E-state index contributed by atoms with van der Waals surface area (Å²) in [5, 5.41) is 3.31. The molecule has 2 rings (SSSR count). The lowest BCUT2D eigenvalue weighted by atomic mass is 10.1. The second-order valence-electron chi connectivity index (χ2n) is 4.19. The molecule has 0 saturated carbocycles. The predicted molar refractivity (Wildman–Crippen MR) is 66.3 cm³/mol. The molecule has 0 atom stereocenters. The molecule has 1 aromatic rings. The lowest BCUT2D eigenvalue weighted by Crippen LogP contribution is -2.12. The number of methoxy groups -OCH3 is 1. The number of benzene rings is 1. The fourth-order valence-corrected chi connectivity index (χ4v) is 1.97. The van der Waals surface area contributed by atoms with Gasteiger partial charge in [-0.1, -0.05) is 24.3 Å². The molecule has 17 heavy (non-hydrogen) atoms. The molecule has 0 unspecified atom stereocenters. The van der Waals surface area contributed by atoms with E-state index < -0.39 is 0 Å². The Balaban J connectivity index is 1.98. The highest BCUT2D eigenvalue weighted by molar-refractivity contribution is 5.92. The zero-order chi connectivity index (χ0) is 12.1. The van der Waals surface area contributed by atoms with Gasteiger partial charge < -0.3 is 10.1 Å². The quantitative estimate of drug-likeness (QED) is 0.844. The topological polar surface area (TPSA) is 38.3 Å². The number of allylic oxidation sites excluding steroid dienone is 2. The zero-order valence-electron chi connectivity index (χ0n) is 10.0. The molecule has 3 nitrogen and oxygen atoms in total. The molecule has 0 radical (unpaired) electrons. The maximum atomic E-state index is 11.1. The number of rotatable bonds is 5. The van der Waals surface area contributed by atoms with E-state index in [1.165, 1.54) is 11.1 Å². The standard InChI is InChI=1S/C14H17NO2/c1-17-10-12-5-3-2-4-11(12)9-15-13-6-7-14(16)8-13/h2-5,8,15H,6-7,9-10H2,1H3. The summed E-state index contributed by atoms with van der Waals surface area (Å²) in [6, 6.07) is 8.17. The van der Waals surface area contributed by atoms with Crippen LogP contribution in [-0.4, -0.2) is 12.9 Å². The molecule has 0 aliphatic heterocycles. The van der Waals surface area contributed by atoms with Gasteiger partial charge in [0.25, 0.3) is 0 Å². The summed E-state index contributed by atoms with van der Waals surface area (Å²) in [6.07, 6.45) is 3.19. The smallest absolute Gasteiger partial charge is 0.157 e. The van der Waals surface area contributed by atoms with Gasteiger partial charge in [-0.2, -0.15) is 0 Å². The maximum Gasteiger partial charge on any atom is 0.157 e. The van der Waals surface area contributed by atoms with Crippen molar-refractivity contribution in [1.29, 1.82) is 0 Å². The highest BCUT2D eigenvalue weighted by Gasteiger charge is 2.11. The zero-order valence-corrected chi connectivity index (χ0v) is 10.0. The highest BCUT2D eigenvalue weighted by atomic mass is 16.5. The van der Waals surface area contributed by atoms with Crippen molar-refractivity contribution in [1.82, 2.24) is 5.32 Å². The molecule has 0 spiro atoms. The number of nitrogens with one attached hydrogen (secondary N) is 1. The van der Waals surface area contributed by atoms with E-state index in [4.69, 9.17) is 4.74 Å². The summed E-state index contributed by atoms with van der Waals surface area (Å²) >= 11 is 0. The van der Waals surface area contributed by atoms with Crippen LogP contribution in [0.15, 0.2) is 36.0 Å². The predicted octanol–water partition coefficient (Wildman–Crippen LogP) is 2.17. The van der Waals surface area contributed by atoms with E-state index in [1.54, 1.807) is 13.2 Å². The third kappa shape index (κ3) is 3.17. The third-order valence-electron chi connectivity index (χ3n) is 2.90. The maximum absolute atomic E-state index is 11.1. The average Bonchev–Trinajstić information content (AvgIpc) is 2.74. The van der Waals surface area contributed by atoms with E-state index in [0.717, 1.165) is 18.7 Å². The first kappa shape index (κ1) is 11.9. The molecule has 1 aliphatic rings. The van der Waals surface area contributed by atoms with Gasteiger partial charge in [0.15, 0.2) is 5.78 Å².